The van der Waals surface area contributed by atoms with Gasteiger partial charge in [0.25, 0.3) is 5.56 Å². The molecule has 6 rings (SSSR count). The van der Waals surface area contributed by atoms with Crippen LogP contribution >= 0.6 is 11.3 Å². The Morgan fingerprint density at radius 2 is 1.88 bits per heavy atom. The molecule has 0 saturated heterocycles. The van der Waals surface area contributed by atoms with Crippen molar-refractivity contribution in [3.63, 3.8) is 0 Å². The standard InChI is InChI=1S/C25H21N3O3S/c1-14-9-10-20(32-14)22-21-17(12-15(13-18(21)29)19-8-5-11-31-19)26-24-23(22)25(30)28(27-24)16-6-3-2-4-7-16/h2-11,15,22,26-27H,12-13H2,1H3/t15-,22-/m1/s1. The Morgan fingerprint density at radius 3 is 2.59 bits per heavy atom. The number of aromatic nitrogens is 2. The van der Waals surface area contributed by atoms with E-state index in [0.717, 1.165) is 26.9 Å². The van der Waals surface area contributed by atoms with Gasteiger partial charge in [0.2, 0.25) is 0 Å². The highest BCUT2D eigenvalue weighted by atomic mass is 32.1. The van der Waals surface area contributed by atoms with E-state index >= 15 is 0 Å². The second-order valence-corrected chi connectivity index (χ2v) is 9.64. The second kappa shape index (κ2) is 7.24. The number of H-pyrrole nitrogens is 1. The molecule has 2 atom stereocenters. The number of allylic oxidation sites excluding steroid dienone is 2. The normalized spacial score (nSPS) is 20.1. The number of hydrogen-bond donors (Lipinski definition) is 2. The van der Waals surface area contributed by atoms with Crippen LogP contribution in [0.4, 0.5) is 5.82 Å². The monoisotopic (exact) mass is 443 g/mol. The van der Waals surface area contributed by atoms with Crippen LogP contribution in [0.25, 0.3) is 5.69 Å². The molecule has 32 heavy (non-hydrogen) atoms. The number of nitrogens with zero attached hydrogens (tertiary/aromatic N) is 1. The second-order valence-electron chi connectivity index (χ2n) is 8.32. The molecule has 0 bridgehead atoms. The highest BCUT2D eigenvalue weighted by Crippen LogP contribution is 2.48. The van der Waals surface area contributed by atoms with Crippen molar-refractivity contribution in [3.05, 3.63) is 104 Å². The SMILES string of the molecule is Cc1ccc([C@@H]2C3=C(C[C@@H](c4ccco4)CC3=O)Nc3[nH]n(-c4ccccc4)c(=O)c32)s1. The van der Waals surface area contributed by atoms with Gasteiger partial charge < -0.3 is 9.73 Å². The van der Waals surface area contributed by atoms with Gasteiger partial charge in [-0.1, -0.05) is 18.2 Å². The van der Waals surface area contributed by atoms with E-state index in [-0.39, 0.29) is 23.2 Å². The van der Waals surface area contributed by atoms with E-state index < -0.39 is 0 Å². The molecule has 7 heteroatoms. The van der Waals surface area contributed by atoms with Crippen molar-refractivity contribution in [1.29, 1.82) is 0 Å². The van der Waals surface area contributed by atoms with Gasteiger partial charge >= 0.3 is 0 Å². The number of carbonyl (C=O) groups is 1. The number of furan rings is 1. The van der Waals surface area contributed by atoms with Crippen LogP contribution in [-0.4, -0.2) is 15.6 Å². The third-order valence-corrected chi connectivity index (χ3v) is 7.36. The molecule has 6 nitrogen and oxygen atoms in total. The Kier molecular flexibility index (Phi) is 4.33. The first-order valence-corrected chi connectivity index (χ1v) is 11.4. The quantitative estimate of drug-likeness (QED) is 0.462. The number of thiophene rings is 1. The van der Waals surface area contributed by atoms with Gasteiger partial charge in [-0.25, -0.2) is 4.68 Å². The Labute approximate surface area is 188 Å². The van der Waals surface area contributed by atoms with Crippen molar-refractivity contribution in [3.8, 4) is 5.69 Å². The zero-order valence-corrected chi connectivity index (χ0v) is 18.2. The molecular formula is C25H21N3O3S. The predicted octanol–water partition coefficient (Wildman–Crippen LogP) is 5.09. The van der Waals surface area contributed by atoms with E-state index in [1.54, 1.807) is 22.3 Å². The molecule has 0 spiro atoms. The van der Waals surface area contributed by atoms with Crippen LogP contribution in [0.5, 0.6) is 0 Å². The number of Topliss-reactive ketones (excluding diaryl/α,β-unsaturated/α-hetero) is 1. The Bertz CT molecular complexity index is 1410. The fourth-order valence-corrected chi connectivity index (χ4v) is 5.87. The van der Waals surface area contributed by atoms with Crippen molar-refractivity contribution in [2.24, 2.45) is 0 Å². The number of aryl methyl sites for hydroxylation is 1. The lowest BCUT2D eigenvalue weighted by atomic mass is 9.75. The summed E-state index contributed by atoms with van der Waals surface area (Å²) in [5, 5.41) is 6.66. The largest absolute Gasteiger partial charge is 0.469 e. The number of benzene rings is 1. The number of ketones is 1. The minimum Gasteiger partial charge on any atom is -0.469 e. The Morgan fingerprint density at radius 1 is 1.03 bits per heavy atom. The minimum atomic E-state index is -0.376. The van der Waals surface area contributed by atoms with E-state index in [0.29, 0.717) is 29.8 Å². The molecule has 4 aromatic rings. The van der Waals surface area contributed by atoms with Gasteiger partial charge in [-0.15, -0.1) is 11.3 Å². The topological polar surface area (TPSA) is 80.0 Å². The molecule has 1 aliphatic carbocycles. The summed E-state index contributed by atoms with van der Waals surface area (Å²) in [6.45, 7) is 2.04. The van der Waals surface area contributed by atoms with E-state index in [1.807, 2.05) is 61.5 Å². The molecule has 1 aliphatic heterocycles. The molecular weight excluding hydrogens is 422 g/mol. The van der Waals surface area contributed by atoms with Crippen molar-refractivity contribution < 1.29 is 9.21 Å². The van der Waals surface area contributed by atoms with E-state index in [1.165, 1.54) is 0 Å². The summed E-state index contributed by atoms with van der Waals surface area (Å²) in [5.41, 5.74) is 2.79. The summed E-state index contributed by atoms with van der Waals surface area (Å²) >= 11 is 1.63. The van der Waals surface area contributed by atoms with Gasteiger partial charge in [0.15, 0.2) is 5.78 Å². The molecule has 1 aromatic carbocycles. The average molecular weight is 444 g/mol. The molecule has 2 aliphatic rings. The number of carbonyl (C=O) groups excluding carboxylic acids is 1. The van der Waals surface area contributed by atoms with Gasteiger partial charge in [-0.3, -0.25) is 14.7 Å². The molecule has 160 valence electrons. The molecule has 4 heterocycles. The Balaban J connectivity index is 1.52. The fraction of sp³-hybridized carbons (Fsp3) is 0.200. The van der Waals surface area contributed by atoms with E-state index in [2.05, 4.69) is 10.4 Å². The van der Waals surface area contributed by atoms with Crippen molar-refractivity contribution >= 4 is 22.9 Å². The van der Waals surface area contributed by atoms with E-state index in [9.17, 15) is 9.59 Å². The van der Waals surface area contributed by atoms with Crippen LogP contribution in [0.2, 0.25) is 0 Å². The minimum absolute atomic E-state index is 0.0149. The molecule has 0 saturated carbocycles. The van der Waals surface area contributed by atoms with Gasteiger partial charge in [0.1, 0.15) is 11.6 Å². The highest BCUT2D eigenvalue weighted by Gasteiger charge is 2.42. The van der Waals surface area contributed by atoms with Crippen molar-refractivity contribution in [2.45, 2.75) is 31.6 Å². The summed E-state index contributed by atoms with van der Waals surface area (Å²) in [4.78, 5) is 29.2. The summed E-state index contributed by atoms with van der Waals surface area (Å²) in [6, 6.07) is 17.3. The smallest absolute Gasteiger partial charge is 0.277 e. The van der Waals surface area contributed by atoms with Gasteiger partial charge in [-0.2, -0.15) is 0 Å². The third-order valence-electron chi connectivity index (χ3n) is 6.29. The first-order valence-electron chi connectivity index (χ1n) is 10.6. The van der Waals surface area contributed by atoms with Crippen LogP contribution < -0.4 is 10.9 Å². The maximum Gasteiger partial charge on any atom is 0.277 e. The summed E-state index contributed by atoms with van der Waals surface area (Å²) in [5.74, 6) is 1.14. The first kappa shape index (κ1) is 19.1. The number of aromatic amines is 1. The third kappa shape index (κ3) is 2.92. The van der Waals surface area contributed by atoms with Crippen molar-refractivity contribution in [2.75, 3.05) is 5.32 Å². The van der Waals surface area contributed by atoms with Crippen LogP contribution in [0.15, 0.2) is 81.3 Å². The number of fused-ring (bicyclic) bond motifs is 1. The highest BCUT2D eigenvalue weighted by molar-refractivity contribution is 7.12. The van der Waals surface area contributed by atoms with Crippen molar-refractivity contribution in [1.82, 2.24) is 9.78 Å². The molecule has 0 unspecified atom stereocenters. The number of para-hydroxylation sites is 1. The number of nitrogens with one attached hydrogen (secondary N) is 2. The van der Waals surface area contributed by atoms with Crippen LogP contribution in [0.1, 0.15) is 45.8 Å². The number of anilines is 1. The molecule has 0 amide bonds. The molecule has 0 fully saturated rings. The van der Waals surface area contributed by atoms with Crippen LogP contribution in [0.3, 0.4) is 0 Å². The first-order chi connectivity index (χ1) is 15.6. The summed E-state index contributed by atoms with van der Waals surface area (Å²) < 4.78 is 7.16. The van der Waals surface area contributed by atoms with Gasteiger partial charge in [0.05, 0.1) is 23.4 Å². The predicted molar refractivity (Wildman–Crippen MR) is 124 cm³/mol. The number of rotatable bonds is 3. The molecule has 3 aromatic heterocycles. The molecule has 2 N–H and O–H groups in total. The number of hydrogen-bond acceptors (Lipinski definition) is 5. The maximum absolute atomic E-state index is 13.6. The lowest BCUT2D eigenvalue weighted by Crippen LogP contribution is -2.31. The zero-order valence-electron chi connectivity index (χ0n) is 17.4. The zero-order chi connectivity index (χ0) is 21.8. The lowest BCUT2D eigenvalue weighted by molar-refractivity contribution is -0.116. The van der Waals surface area contributed by atoms with E-state index in [4.69, 9.17) is 4.42 Å². The lowest BCUT2D eigenvalue weighted by Gasteiger charge is -2.33. The summed E-state index contributed by atoms with van der Waals surface area (Å²) in [6.07, 6.45) is 2.68. The molecule has 0 radical (unpaired) electrons. The van der Waals surface area contributed by atoms with Crippen LogP contribution in [-0.2, 0) is 4.79 Å². The Hall–Kier alpha value is -3.58. The summed E-state index contributed by atoms with van der Waals surface area (Å²) in [7, 11) is 0. The fourth-order valence-electron chi connectivity index (χ4n) is 4.87. The average Bonchev–Trinajstić information content (AvgIpc) is 3.54. The van der Waals surface area contributed by atoms with Gasteiger partial charge in [-0.05, 0) is 49.7 Å². The maximum atomic E-state index is 13.6. The van der Waals surface area contributed by atoms with Gasteiger partial charge in [0, 0.05) is 33.4 Å². The van der Waals surface area contributed by atoms with Crippen LogP contribution in [0, 0.1) is 6.92 Å².